The fourth-order valence-electron chi connectivity index (χ4n) is 4.74. The number of likely N-dealkylation sites (N-methyl/N-ethyl adjacent to an activating group) is 1. The largest absolute Gasteiger partial charge is 0.416 e. The van der Waals surface area contributed by atoms with Crippen molar-refractivity contribution in [1.29, 1.82) is 5.26 Å². The van der Waals surface area contributed by atoms with E-state index in [4.69, 9.17) is 0 Å². The van der Waals surface area contributed by atoms with Gasteiger partial charge in [0.05, 0.1) is 34.7 Å². The van der Waals surface area contributed by atoms with E-state index in [1.807, 2.05) is 6.07 Å². The molecule has 13 heteroatoms. The van der Waals surface area contributed by atoms with Gasteiger partial charge in [-0.25, -0.2) is 13.2 Å². The molecule has 0 spiro atoms. The first-order valence-corrected chi connectivity index (χ1v) is 13.8. The standard InChI is InChI=1S/C26H23F3N4O5S/c1-32-23(18-7-6-15(14-30)12-19(18)24(35)31-10-11-39(2,37)38)22-20(8-9-21(22)34)33(25(32)36)17-5-3-4-16(13-17)26(27,28)29/h3-7,12-13,23H,8-11H2,1-2H3,(H,31,35). The molecule has 2 aromatic rings. The van der Waals surface area contributed by atoms with Crippen LogP contribution in [0.5, 0.6) is 0 Å². The third-order valence-corrected chi connectivity index (χ3v) is 7.48. The second-order valence-electron chi connectivity index (χ2n) is 9.26. The quantitative estimate of drug-likeness (QED) is 0.575. The predicted octanol–water partition coefficient (Wildman–Crippen LogP) is 3.58. The van der Waals surface area contributed by atoms with Gasteiger partial charge in [0.1, 0.15) is 9.84 Å². The number of carbonyl (C=O) groups excluding carboxylic acids is 3. The van der Waals surface area contributed by atoms with Gasteiger partial charge in [-0.1, -0.05) is 12.1 Å². The Morgan fingerprint density at radius 3 is 2.51 bits per heavy atom. The normalized spacial score (nSPS) is 17.8. The molecule has 1 aliphatic carbocycles. The summed E-state index contributed by atoms with van der Waals surface area (Å²) in [5.41, 5.74) is -0.316. The highest BCUT2D eigenvalue weighted by atomic mass is 32.2. The SMILES string of the molecule is CN1C(=O)N(c2cccc(C(F)(F)F)c2)C2=C(C(=O)CC2)C1c1ccc(C#N)cc1C(=O)NCCS(C)(=O)=O. The number of nitrogens with zero attached hydrogens (tertiary/aromatic N) is 3. The lowest BCUT2D eigenvalue weighted by Crippen LogP contribution is -2.48. The van der Waals surface area contributed by atoms with Gasteiger partial charge in [0.15, 0.2) is 5.78 Å². The Labute approximate surface area is 222 Å². The maximum absolute atomic E-state index is 13.6. The molecule has 39 heavy (non-hydrogen) atoms. The molecule has 0 saturated heterocycles. The van der Waals surface area contributed by atoms with Crippen molar-refractivity contribution in [1.82, 2.24) is 10.2 Å². The molecule has 4 rings (SSSR count). The molecule has 204 valence electrons. The molecule has 0 fully saturated rings. The number of rotatable bonds is 6. The Balaban J connectivity index is 1.83. The zero-order valence-electron chi connectivity index (χ0n) is 20.9. The van der Waals surface area contributed by atoms with E-state index in [0.29, 0.717) is 0 Å². The van der Waals surface area contributed by atoms with Gasteiger partial charge in [0.25, 0.3) is 5.91 Å². The van der Waals surface area contributed by atoms with Crippen LogP contribution >= 0.6 is 0 Å². The summed E-state index contributed by atoms with van der Waals surface area (Å²) < 4.78 is 63.1. The molecule has 0 saturated carbocycles. The van der Waals surface area contributed by atoms with Gasteiger partial charge in [0.2, 0.25) is 0 Å². The van der Waals surface area contributed by atoms with Crippen molar-refractivity contribution in [3.63, 3.8) is 0 Å². The highest BCUT2D eigenvalue weighted by Crippen LogP contribution is 2.45. The molecule has 9 nitrogen and oxygen atoms in total. The van der Waals surface area contributed by atoms with Gasteiger partial charge in [-0.3, -0.25) is 14.5 Å². The zero-order valence-corrected chi connectivity index (χ0v) is 21.7. The minimum atomic E-state index is -4.64. The van der Waals surface area contributed by atoms with E-state index in [1.165, 1.54) is 37.4 Å². The molecule has 1 N–H and O–H groups in total. The topological polar surface area (TPSA) is 128 Å². The monoisotopic (exact) mass is 560 g/mol. The van der Waals surface area contributed by atoms with Crippen molar-refractivity contribution in [3.8, 4) is 6.07 Å². The van der Waals surface area contributed by atoms with Crippen molar-refractivity contribution in [2.75, 3.05) is 30.5 Å². The van der Waals surface area contributed by atoms with Crippen LogP contribution in [0.15, 0.2) is 53.7 Å². The number of Topliss-reactive ketones (excluding diaryl/α,β-unsaturated/α-hetero) is 1. The summed E-state index contributed by atoms with van der Waals surface area (Å²) in [6.07, 6.45) is -3.51. The first kappa shape index (κ1) is 27.8. The van der Waals surface area contributed by atoms with Crippen LogP contribution in [0.3, 0.4) is 0 Å². The van der Waals surface area contributed by atoms with Crippen LogP contribution in [0.2, 0.25) is 0 Å². The molecule has 0 bridgehead atoms. The van der Waals surface area contributed by atoms with Crippen molar-refractivity contribution < 1.29 is 36.0 Å². The molecular formula is C26H23F3N4O5S. The third kappa shape index (κ3) is 5.51. The van der Waals surface area contributed by atoms with Crippen molar-refractivity contribution in [2.24, 2.45) is 0 Å². The Hall–Kier alpha value is -4.18. The van der Waals surface area contributed by atoms with Gasteiger partial charge in [-0.2, -0.15) is 18.4 Å². The van der Waals surface area contributed by atoms with E-state index in [2.05, 4.69) is 5.32 Å². The van der Waals surface area contributed by atoms with Crippen LogP contribution < -0.4 is 10.2 Å². The van der Waals surface area contributed by atoms with Gasteiger partial charge in [-0.05, 0) is 42.3 Å². The third-order valence-electron chi connectivity index (χ3n) is 6.54. The number of hydrogen-bond donors (Lipinski definition) is 1. The summed E-state index contributed by atoms with van der Waals surface area (Å²) in [7, 11) is -2.01. The summed E-state index contributed by atoms with van der Waals surface area (Å²) in [6, 6.07) is 8.52. The number of allylic oxidation sites excluding steroid dienone is 1. The van der Waals surface area contributed by atoms with Crippen LogP contribution in [-0.4, -0.2) is 56.6 Å². The summed E-state index contributed by atoms with van der Waals surface area (Å²) in [4.78, 5) is 42.1. The molecule has 1 atom stereocenters. The lowest BCUT2D eigenvalue weighted by atomic mass is 9.89. The fraction of sp³-hybridized carbons (Fsp3) is 0.308. The minimum Gasteiger partial charge on any atom is -0.351 e. The molecule has 1 unspecified atom stereocenters. The van der Waals surface area contributed by atoms with Crippen molar-refractivity contribution in [3.05, 3.63) is 76.0 Å². The summed E-state index contributed by atoms with van der Waals surface area (Å²) in [5, 5.41) is 11.9. The number of halogens is 3. The summed E-state index contributed by atoms with van der Waals surface area (Å²) in [6.45, 7) is -0.205. The average Bonchev–Trinajstić information content (AvgIpc) is 3.24. The molecule has 0 radical (unpaired) electrons. The summed E-state index contributed by atoms with van der Waals surface area (Å²) >= 11 is 0. The van der Waals surface area contributed by atoms with E-state index in [-0.39, 0.29) is 64.6 Å². The molecule has 1 aliphatic heterocycles. The average molecular weight is 561 g/mol. The van der Waals surface area contributed by atoms with E-state index < -0.39 is 39.6 Å². The Morgan fingerprint density at radius 1 is 1.15 bits per heavy atom. The van der Waals surface area contributed by atoms with Gasteiger partial charge in [-0.15, -0.1) is 0 Å². The number of carbonyl (C=O) groups is 3. The lowest BCUT2D eigenvalue weighted by molar-refractivity contribution is -0.137. The fourth-order valence-corrected chi connectivity index (χ4v) is 5.21. The Bertz CT molecular complexity index is 1560. The second-order valence-corrected chi connectivity index (χ2v) is 11.5. The number of ketones is 1. The van der Waals surface area contributed by atoms with E-state index >= 15 is 0 Å². The molecule has 2 aromatic carbocycles. The number of sulfone groups is 1. The number of nitriles is 1. The maximum Gasteiger partial charge on any atom is 0.416 e. The molecule has 1 heterocycles. The number of hydrogen-bond acceptors (Lipinski definition) is 6. The lowest BCUT2D eigenvalue weighted by Gasteiger charge is -2.41. The number of nitrogens with one attached hydrogen (secondary N) is 1. The smallest absolute Gasteiger partial charge is 0.351 e. The Kier molecular flexibility index (Phi) is 7.27. The number of benzene rings is 2. The number of alkyl halides is 3. The van der Waals surface area contributed by atoms with Crippen LogP contribution in [0.25, 0.3) is 0 Å². The minimum absolute atomic E-state index is 0.0178. The molecule has 3 amide bonds. The first-order chi connectivity index (χ1) is 18.2. The van der Waals surface area contributed by atoms with Gasteiger partial charge in [0, 0.05) is 43.1 Å². The Morgan fingerprint density at radius 2 is 1.87 bits per heavy atom. The van der Waals surface area contributed by atoms with E-state index in [9.17, 15) is 41.2 Å². The molecule has 0 aromatic heterocycles. The van der Waals surface area contributed by atoms with Crippen LogP contribution in [0, 0.1) is 11.3 Å². The molecule has 2 aliphatic rings. The van der Waals surface area contributed by atoms with Crippen LogP contribution in [0.1, 0.15) is 45.9 Å². The highest BCUT2D eigenvalue weighted by molar-refractivity contribution is 7.90. The van der Waals surface area contributed by atoms with Crippen LogP contribution in [0.4, 0.5) is 23.7 Å². The first-order valence-electron chi connectivity index (χ1n) is 11.7. The summed E-state index contributed by atoms with van der Waals surface area (Å²) in [5.74, 6) is -1.37. The van der Waals surface area contributed by atoms with Gasteiger partial charge < -0.3 is 10.2 Å². The predicted molar refractivity (Wildman–Crippen MR) is 134 cm³/mol. The van der Waals surface area contributed by atoms with Crippen LogP contribution in [-0.2, 0) is 20.8 Å². The maximum atomic E-state index is 13.6. The van der Waals surface area contributed by atoms with Crippen molar-refractivity contribution in [2.45, 2.75) is 25.1 Å². The number of anilines is 1. The number of amides is 3. The van der Waals surface area contributed by atoms with Crippen molar-refractivity contribution >= 4 is 33.2 Å². The second kappa shape index (κ2) is 10.2. The van der Waals surface area contributed by atoms with E-state index in [1.54, 1.807) is 0 Å². The highest BCUT2D eigenvalue weighted by Gasteiger charge is 2.45. The zero-order chi connectivity index (χ0) is 28.7. The van der Waals surface area contributed by atoms with Gasteiger partial charge >= 0.3 is 12.2 Å². The molecular weight excluding hydrogens is 537 g/mol. The van der Waals surface area contributed by atoms with E-state index in [0.717, 1.165) is 28.2 Å². The number of urea groups is 1.